The minimum Gasteiger partial charge on any atom is -0.363 e. The molecule has 1 aliphatic carbocycles. The van der Waals surface area contributed by atoms with Crippen molar-refractivity contribution in [1.82, 2.24) is 9.78 Å². The van der Waals surface area contributed by atoms with E-state index < -0.39 is 4.92 Å². The van der Waals surface area contributed by atoms with Crippen molar-refractivity contribution in [3.63, 3.8) is 0 Å². The average Bonchev–Trinajstić information content (AvgIpc) is 2.83. The molecule has 0 spiro atoms. The number of rotatable bonds is 4. The van der Waals surface area contributed by atoms with Crippen LogP contribution in [0.2, 0.25) is 0 Å². The van der Waals surface area contributed by atoms with Crippen molar-refractivity contribution in [3.8, 4) is 0 Å². The SMILES string of the molecule is Cn1cc([N+](=O)[O-])c(NCC2CCCC2)n1. The fraction of sp³-hybridized carbons (Fsp3) is 0.700. The Bertz CT molecular complexity index is 382. The van der Waals surface area contributed by atoms with Gasteiger partial charge in [0.1, 0.15) is 6.20 Å². The summed E-state index contributed by atoms with van der Waals surface area (Å²) in [6, 6.07) is 0. The maximum absolute atomic E-state index is 10.7. The minimum absolute atomic E-state index is 0.0560. The van der Waals surface area contributed by atoms with E-state index in [0.29, 0.717) is 11.7 Å². The van der Waals surface area contributed by atoms with Crippen molar-refractivity contribution in [2.75, 3.05) is 11.9 Å². The van der Waals surface area contributed by atoms with Gasteiger partial charge in [-0.05, 0) is 18.8 Å². The van der Waals surface area contributed by atoms with Crippen LogP contribution >= 0.6 is 0 Å². The normalized spacial score (nSPS) is 16.6. The lowest BCUT2D eigenvalue weighted by Gasteiger charge is -2.08. The molecule has 1 aromatic heterocycles. The molecule has 0 saturated heterocycles. The zero-order valence-electron chi connectivity index (χ0n) is 9.35. The van der Waals surface area contributed by atoms with Crippen molar-refractivity contribution in [2.24, 2.45) is 13.0 Å². The molecule has 6 heteroatoms. The van der Waals surface area contributed by atoms with Crippen LogP contribution in [0.1, 0.15) is 25.7 Å². The molecule has 1 N–H and O–H groups in total. The lowest BCUT2D eigenvalue weighted by atomic mass is 10.1. The molecule has 0 radical (unpaired) electrons. The van der Waals surface area contributed by atoms with Crippen LogP contribution in [0.25, 0.3) is 0 Å². The van der Waals surface area contributed by atoms with Gasteiger partial charge in [0, 0.05) is 13.6 Å². The van der Waals surface area contributed by atoms with Crippen LogP contribution < -0.4 is 5.32 Å². The van der Waals surface area contributed by atoms with Gasteiger partial charge in [0.2, 0.25) is 5.82 Å². The molecule has 1 saturated carbocycles. The molecule has 2 rings (SSSR count). The number of anilines is 1. The second-order valence-corrected chi connectivity index (χ2v) is 4.33. The number of hydrogen-bond acceptors (Lipinski definition) is 4. The average molecular weight is 224 g/mol. The highest BCUT2D eigenvalue weighted by atomic mass is 16.6. The Labute approximate surface area is 93.8 Å². The van der Waals surface area contributed by atoms with Crippen molar-refractivity contribution in [2.45, 2.75) is 25.7 Å². The summed E-state index contributed by atoms with van der Waals surface area (Å²) in [4.78, 5) is 10.3. The summed E-state index contributed by atoms with van der Waals surface area (Å²) in [5, 5.41) is 17.9. The van der Waals surface area contributed by atoms with Gasteiger partial charge in [-0.2, -0.15) is 0 Å². The van der Waals surface area contributed by atoms with Crippen LogP contribution in [0.5, 0.6) is 0 Å². The van der Waals surface area contributed by atoms with E-state index >= 15 is 0 Å². The Morgan fingerprint density at radius 1 is 1.62 bits per heavy atom. The molecule has 1 heterocycles. The van der Waals surface area contributed by atoms with Gasteiger partial charge >= 0.3 is 5.69 Å². The summed E-state index contributed by atoms with van der Waals surface area (Å²) in [6.07, 6.45) is 6.41. The minimum atomic E-state index is -0.399. The Balaban J connectivity index is 1.99. The first-order chi connectivity index (χ1) is 7.66. The van der Waals surface area contributed by atoms with Crippen LogP contribution in [-0.4, -0.2) is 21.2 Å². The quantitative estimate of drug-likeness (QED) is 0.626. The third-order valence-corrected chi connectivity index (χ3v) is 3.04. The molecule has 1 fully saturated rings. The Kier molecular flexibility index (Phi) is 3.07. The van der Waals surface area contributed by atoms with Gasteiger partial charge in [-0.15, -0.1) is 5.10 Å². The molecule has 0 aromatic carbocycles. The third-order valence-electron chi connectivity index (χ3n) is 3.04. The highest BCUT2D eigenvalue weighted by Crippen LogP contribution is 2.27. The molecule has 0 unspecified atom stereocenters. The predicted octanol–water partition coefficient (Wildman–Crippen LogP) is 1.93. The van der Waals surface area contributed by atoms with Gasteiger partial charge < -0.3 is 5.32 Å². The first kappa shape index (κ1) is 10.9. The van der Waals surface area contributed by atoms with Gasteiger partial charge in [0.15, 0.2) is 0 Å². The van der Waals surface area contributed by atoms with E-state index in [1.54, 1.807) is 7.05 Å². The monoisotopic (exact) mass is 224 g/mol. The first-order valence-corrected chi connectivity index (χ1v) is 5.58. The molecule has 1 aliphatic rings. The van der Waals surface area contributed by atoms with Gasteiger partial charge in [0.05, 0.1) is 4.92 Å². The second kappa shape index (κ2) is 4.51. The summed E-state index contributed by atoms with van der Waals surface area (Å²) < 4.78 is 1.47. The zero-order valence-corrected chi connectivity index (χ0v) is 9.35. The number of nitro groups is 1. The molecule has 1 aromatic rings. The highest BCUT2D eigenvalue weighted by Gasteiger charge is 2.20. The number of aryl methyl sites for hydroxylation is 1. The lowest BCUT2D eigenvalue weighted by Crippen LogP contribution is -2.12. The van der Waals surface area contributed by atoms with Crippen LogP contribution in [0.4, 0.5) is 11.5 Å². The van der Waals surface area contributed by atoms with Crippen LogP contribution in [0, 0.1) is 16.0 Å². The maximum Gasteiger partial charge on any atom is 0.330 e. The van der Waals surface area contributed by atoms with Gasteiger partial charge in [-0.25, -0.2) is 0 Å². The van der Waals surface area contributed by atoms with E-state index in [4.69, 9.17) is 0 Å². The van der Waals surface area contributed by atoms with Gasteiger partial charge in [-0.1, -0.05) is 12.8 Å². The van der Waals surface area contributed by atoms with Crippen molar-refractivity contribution in [1.29, 1.82) is 0 Å². The van der Waals surface area contributed by atoms with Crippen molar-refractivity contribution < 1.29 is 4.92 Å². The van der Waals surface area contributed by atoms with E-state index in [2.05, 4.69) is 10.4 Å². The largest absolute Gasteiger partial charge is 0.363 e. The van der Waals surface area contributed by atoms with E-state index in [9.17, 15) is 10.1 Å². The fourth-order valence-electron chi connectivity index (χ4n) is 2.19. The van der Waals surface area contributed by atoms with E-state index in [-0.39, 0.29) is 5.69 Å². The van der Waals surface area contributed by atoms with Crippen LogP contribution in [-0.2, 0) is 7.05 Å². The summed E-state index contributed by atoms with van der Waals surface area (Å²) in [6.45, 7) is 0.790. The summed E-state index contributed by atoms with van der Waals surface area (Å²) in [5.74, 6) is 1.03. The van der Waals surface area contributed by atoms with Crippen molar-refractivity contribution >= 4 is 11.5 Å². The summed E-state index contributed by atoms with van der Waals surface area (Å²) in [7, 11) is 1.69. The molecule has 0 amide bonds. The second-order valence-electron chi connectivity index (χ2n) is 4.33. The number of aromatic nitrogens is 2. The molecular formula is C10H16N4O2. The van der Waals surface area contributed by atoms with E-state index in [1.165, 1.54) is 36.6 Å². The zero-order chi connectivity index (χ0) is 11.5. The molecule has 6 nitrogen and oxygen atoms in total. The van der Waals surface area contributed by atoms with Crippen molar-refractivity contribution in [3.05, 3.63) is 16.3 Å². The molecule has 0 aliphatic heterocycles. The standard InChI is InChI=1S/C10H16N4O2/c1-13-7-9(14(15)16)10(12-13)11-6-8-4-2-3-5-8/h7-8H,2-6H2,1H3,(H,11,12). The molecule has 16 heavy (non-hydrogen) atoms. The third kappa shape index (κ3) is 2.32. The molecular weight excluding hydrogens is 208 g/mol. The Morgan fingerprint density at radius 3 is 2.94 bits per heavy atom. The summed E-state index contributed by atoms with van der Waals surface area (Å²) in [5.41, 5.74) is 0.0560. The highest BCUT2D eigenvalue weighted by molar-refractivity contribution is 5.54. The van der Waals surface area contributed by atoms with Gasteiger partial charge in [0.25, 0.3) is 0 Å². The van der Waals surface area contributed by atoms with Crippen LogP contribution in [0.15, 0.2) is 6.20 Å². The number of nitrogens with one attached hydrogen (secondary N) is 1. The van der Waals surface area contributed by atoms with Crippen LogP contribution in [0.3, 0.4) is 0 Å². The topological polar surface area (TPSA) is 73.0 Å². The maximum atomic E-state index is 10.7. The van der Waals surface area contributed by atoms with Gasteiger partial charge in [-0.3, -0.25) is 14.8 Å². The van der Waals surface area contributed by atoms with E-state index in [1.807, 2.05) is 0 Å². The summed E-state index contributed by atoms with van der Waals surface area (Å²) >= 11 is 0. The number of nitrogens with zero attached hydrogens (tertiary/aromatic N) is 3. The fourth-order valence-corrected chi connectivity index (χ4v) is 2.19. The predicted molar refractivity (Wildman–Crippen MR) is 60.3 cm³/mol. The first-order valence-electron chi connectivity index (χ1n) is 5.58. The molecule has 0 atom stereocenters. The Morgan fingerprint density at radius 2 is 2.31 bits per heavy atom. The smallest absolute Gasteiger partial charge is 0.330 e. The molecule has 0 bridgehead atoms. The number of hydrogen-bond donors (Lipinski definition) is 1. The molecule has 88 valence electrons. The van der Waals surface area contributed by atoms with E-state index in [0.717, 1.165) is 6.54 Å². The lowest BCUT2D eigenvalue weighted by molar-refractivity contribution is -0.384. The Hall–Kier alpha value is -1.59.